The lowest BCUT2D eigenvalue weighted by atomic mass is 10.1. The minimum absolute atomic E-state index is 0.138. The van der Waals surface area contributed by atoms with Gasteiger partial charge in [0, 0.05) is 42.4 Å². The van der Waals surface area contributed by atoms with Crippen LogP contribution in [0, 0.1) is 20.8 Å². The number of amides is 1. The van der Waals surface area contributed by atoms with Gasteiger partial charge in [0.05, 0.1) is 5.69 Å². The van der Waals surface area contributed by atoms with Crippen LogP contribution >= 0.6 is 11.8 Å². The molecule has 0 fully saturated rings. The number of hydrogen-bond donors (Lipinski definition) is 0. The predicted octanol–water partition coefficient (Wildman–Crippen LogP) is 3.97. The van der Waals surface area contributed by atoms with Gasteiger partial charge in [-0.1, -0.05) is 12.1 Å². The van der Waals surface area contributed by atoms with E-state index < -0.39 is 0 Å². The summed E-state index contributed by atoms with van der Waals surface area (Å²) in [7, 11) is 1.86. The second-order valence-electron chi connectivity index (χ2n) is 6.91. The summed E-state index contributed by atoms with van der Waals surface area (Å²) >= 11 is 1.72. The van der Waals surface area contributed by atoms with Gasteiger partial charge in [-0.3, -0.25) is 4.79 Å². The van der Waals surface area contributed by atoms with Crippen molar-refractivity contribution in [3.63, 3.8) is 0 Å². The van der Waals surface area contributed by atoms with Crippen LogP contribution in [0.4, 0.5) is 0 Å². The molecule has 0 N–H and O–H groups in total. The Kier molecular flexibility index (Phi) is 5.85. The molecule has 0 atom stereocenters. The molecule has 142 valence electrons. The van der Waals surface area contributed by atoms with Crippen molar-refractivity contribution < 1.29 is 4.79 Å². The van der Waals surface area contributed by atoms with E-state index in [0.29, 0.717) is 19.4 Å². The highest BCUT2D eigenvalue weighted by Gasteiger charge is 2.15. The van der Waals surface area contributed by atoms with E-state index in [1.54, 1.807) is 16.7 Å². The van der Waals surface area contributed by atoms with Crippen LogP contribution in [0.2, 0.25) is 0 Å². The Morgan fingerprint density at radius 3 is 2.56 bits per heavy atom. The smallest absolute Gasteiger partial charge is 0.222 e. The third kappa shape index (κ3) is 4.33. The molecule has 1 aromatic carbocycles. The van der Waals surface area contributed by atoms with Crippen molar-refractivity contribution in [2.75, 3.05) is 13.3 Å². The van der Waals surface area contributed by atoms with Crippen LogP contribution in [0.3, 0.4) is 0 Å². The number of benzene rings is 1. The largest absolute Gasteiger partial charge is 0.341 e. The lowest BCUT2D eigenvalue weighted by Gasteiger charge is -2.18. The van der Waals surface area contributed by atoms with Crippen molar-refractivity contribution in [1.29, 1.82) is 0 Å². The Balaban J connectivity index is 1.66. The van der Waals surface area contributed by atoms with Crippen LogP contribution in [0.25, 0.3) is 5.65 Å². The van der Waals surface area contributed by atoms with E-state index >= 15 is 0 Å². The zero-order chi connectivity index (χ0) is 19.6. The molecule has 0 aliphatic rings. The zero-order valence-electron chi connectivity index (χ0n) is 16.6. The number of carbonyl (C=O) groups is 1. The van der Waals surface area contributed by atoms with Crippen LogP contribution in [-0.2, 0) is 17.8 Å². The molecule has 0 unspecified atom stereocenters. The third-order valence-corrected chi connectivity index (χ3v) is 5.62. The fourth-order valence-corrected chi connectivity index (χ4v) is 3.73. The first-order chi connectivity index (χ1) is 12.9. The summed E-state index contributed by atoms with van der Waals surface area (Å²) < 4.78 is 1.87. The van der Waals surface area contributed by atoms with Crippen molar-refractivity contribution in [2.45, 2.75) is 45.1 Å². The molecular weight excluding hydrogens is 356 g/mol. The molecule has 2 heterocycles. The van der Waals surface area contributed by atoms with Gasteiger partial charge in [0.2, 0.25) is 5.91 Å². The number of nitrogens with zero attached hydrogens (tertiary/aromatic N) is 4. The highest BCUT2D eigenvalue weighted by molar-refractivity contribution is 7.98. The molecule has 1 amide bonds. The van der Waals surface area contributed by atoms with Crippen molar-refractivity contribution in [3.8, 4) is 0 Å². The van der Waals surface area contributed by atoms with E-state index in [4.69, 9.17) is 0 Å². The van der Waals surface area contributed by atoms with Gasteiger partial charge in [-0.25, -0.2) is 9.50 Å². The Labute approximate surface area is 164 Å². The van der Waals surface area contributed by atoms with E-state index in [1.807, 2.05) is 38.4 Å². The van der Waals surface area contributed by atoms with E-state index in [9.17, 15) is 4.79 Å². The van der Waals surface area contributed by atoms with Crippen LogP contribution in [0.5, 0.6) is 0 Å². The molecule has 2 aromatic heterocycles. The molecule has 5 nitrogen and oxygen atoms in total. The maximum atomic E-state index is 12.6. The second-order valence-corrected chi connectivity index (χ2v) is 7.79. The third-order valence-electron chi connectivity index (χ3n) is 4.88. The van der Waals surface area contributed by atoms with E-state index in [1.165, 1.54) is 4.90 Å². The maximum Gasteiger partial charge on any atom is 0.222 e. The van der Waals surface area contributed by atoms with Crippen molar-refractivity contribution in [1.82, 2.24) is 19.5 Å². The molecule has 0 saturated heterocycles. The van der Waals surface area contributed by atoms with Crippen LogP contribution in [0.15, 0.2) is 35.2 Å². The summed E-state index contributed by atoms with van der Waals surface area (Å²) in [6.07, 6.45) is 3.20. The summed E-state index contributed by atoms with van der Waals surface area (Å²) in [6, 6.07) is 10.3. The molecule has 0 aliphatic heterocycles. The predicted molar refractivity (Wildman–Crippen MR) is 110 cm³/mol. The van der Waals surface area contributed by atoms with Gasteiger partial charge in [0.25, 0.3) is 0 Å². The van der Waals surface area contributed by atoms with Gasteiger partial charge in [-0.15, -0.1) is 11.8 Å². The fourth-order valence-electron chi connectivity index (χ4n) is 3.32. The van der Waals surface area contributed by atoms with E-state index in [2.05, 4.69) is 40.6 Å². The number of fused-ring (bicyclic) bond motifs is 1. The molecule has 6 heteroatoms. The first-order valence-corrected chi connectivity index (χ1v) is 10.3. The molecule has 0 bridgehead atoms. The molecule has 3 rings (SSSR count). The molecule has 3 aromatic rings. The molecule has 0 aliphatic carbocycles. The Bertz CT molecular complexity index is 962. The lowest BCUT2D eigenvalue weighted by molar-refractivity contribution is -0.130. The summed E-state index contributed by atoms with van der Waals surface area (Å²) in [5.41, 5.74) is 6.10. The first-order valence-electron chi connectivity index (χ1n) is 9.08. The minimum atomic E-state index is 0.138. The van der Waals surface area contributed by atoms with Crippen LogP contribution < -0.4 is 0 Å². The number of aryl methyl sites for hydroxylation is 3. The average Bonchev–Trinajstić information content (AvgIpc) is 3.02. The lowest BCUT2D eigenvalue weighted by Crippen LogP contribution is -2.26. The maximum absolute atomic E-state index is 12.6. The number of thioether (sulfide) groups is 1. The van der Waals surface area contributed by atoms with Gasteiger partial charge < -0.3 is 4.90 Å². The number of hydrogen-bond acceptors (Lipinski definition) is 4. The monoisotopic (exact) mass is 382 g/mol. The van der Waals surface area contributed by atoms with Gasteiger partial charge >= 0.3 is 0 Å². The van der Waals surface area contributed by atoms with Crippen molar-refractivity contribution >= 4 is 23.3 Å². The zero-order valence-corrected chi connectivity index (χ0v) is 17.4. The number of rotatable bonds is 6. The Morgan fingerprint density at radius 1 is 1.19 bits per heavy atom. The highest BCUT2D eigenvalue weighted by atomic mass is 32.2. The normalized spacial score (nSPS) is 11.1. The van der Waals surface area contributed by atoms with Crippen molar-refractivity contribution in [2.24, 2.45) is 0 Å². The summed E-state index contributed by atoms with van der Waals surface area (Å²) in [6.45, 7) is 6.64. The Morgan fingerprint density at radius 2 is 1.89 bits per heavy atom. The fraction of sp³-hybridized carbons (Fsp3) is 0.381. The van der Waals surface area contributed by atoms with Gasteiger partial charge in [0.1, 0.15) is 0 Å². The second kappa shape index (κ2) is 8.13. The number of aromatic nitrogens is 3. The van der Waals surface area contributed by atoms with Crippen LogP contribution in [-0.4, -0.2) is 38.7 Å². The van der Waals surface area contributed by atoms with Gasteiger partial charge in [-0.2, -0.15) is 5.10 Å². The van der Waals surface area contributed by atoms with Gasteiger partial charge in [-0.05, 0) is 56.7 Å². The summed E-state index contributed by atoms with van der Waals surface area (Å²) in [5.74, 6) is 0.138. The van der Waals surface area contributed by atoms with E-state index in [0.717, 1.165) is 33.9 Å². The summed E-state index contributed by atoms with van der Waals surface area (Å²) in [4.78, 5) is 20.3. The quantitative estimate of drug-likeness (QED) is 0.606. The highest BCUT2D eigenvalue weighted by Crippen LogP contribution is 2.18. The molecule has 0 saturated carbocycles. The first kappa shape index (κ1) is 19.4. The molecular formula is C21H26N4OS. The summed E-state index contributed by atoms with van der Waals surface area (Å²) in [5, 5.41) is 4.50. The number of carbonyl (C=O) groups excluding carboxylic acids is 1. The SMILES string of the molecule is CSc1ccc(CN(C)C(=O)CCc2c(C)nc3cc(C)nn3c2C)cc1. The topological polar surface area (TPSA) is 50.5 Å². The standard InChI is InChI=1S/C21H26N4OS/c1-14-12-20-22-15(2)19(16(3)25(20)23-14)10-11-21(26)24(4)13-17-6-8-18(27-5)9-7-17/h6-9,12H,10-11,13H2,1-5H3. The van der Waals surface area contributed by atoms with Crippen molar-refractivity contribution in [3.05, 3.63) is 58.5 Å². The van der Waals surface area contributed by atoms with Crippen LogP contribution in [0.1, 0.15) is 34.6 Å². The van der Waals surface area contributed by atoms with E-state index in [-0.39, 0.29) is 5.91 Å². The molecule has 0 spiro atoms. The minimum Gasteiger partial charge on any atom is -0.341 e. The molecule has 0 radical (unpaired) electrons. The van der Waals surface area contributed by atoms with Gasteiger partial charge in [0.15, 0.2) is 5.65 Å². The Hall–Kier alpha value is -2.34. The molecule has 27 heavy (non-hydrogen) atoms. The average molecular weight is 383 g/mol.